The van der Waals surface area contributed by atoms with Crippen molar-refractivity contribution >= 4 is 9.73 Å². The molecule has 0 fully saturated rings. The minimum absolute atomic E-state index is 0.366. The van der Waals surface area contributed by atoms with Gasteiger partial charge in [-0.25, -0.2) is 4.21 Å². The van der Waals surface area contributed by atoms with E-state index in [0.29, 0.717) is 10.6 Å². The molecule has 0 bridgehead atoms. The Hall–Kier alpha value is -1.34. The minimum atomic E-state index is -2.49. The van der Waals surface area contributed by atoms with E-state index in [0.717, 1.165) is 0 Å². The van der Waals surface area contributed by atoms with Crippen LogP contribution in [0.2, 0.25) is 0 Å². The molecule has 0 spiro atoms. The second kappa shape index (κ2) is 4.06. The molecule has 0 saturated heterocycles. The molecule has 0 saturated carbocycles. The van der Waals surface area contributed by atoms with Crippen LogP contribution < -0.4 is 0 Å². The van der Waals surface area contributed by atoms with Gasteiger partial charge < -0.3 is 0 Å². The summed E-state index contributed by atoms with van der Waals surface area (Å²) >= 11 is 0. The fourth-order valence-corrected chi connectivity index (χ4v) is 2.27. The van der Waals surface area contributed by atoms with Crippen molar-refractivity contribution in [2.45, 2.75) is 11.8 Å². The Balaban J connectivity index is 3.30. The Morgan fingerprint density at radius 1 is 1.46 bits per heavy atom. The Labute approximate surface area is 78.2 Å². The monoisotopic (exact) mass is 194 g/mol. The van der Waals surface area contributed by atoms with Crippen LogP contribution in [0.15, 0.2) is 39.6 Å². The summed E-state index contributed by atoms with van der Waals surface area (Å²) in [5.74, 6) is 0.366. The van der Waals surface area contributed by atoms with Crippen molar-refractivity contribution in [3.8, 4) is 6.19 Å². The smallest absolute Gasteiger partial charge is 0.214 e. The third-order valence-electron chi connectivity index (χ3n) is 1.69. The van der Waals surface area contributed by atoms with Crippen LogP contribution in [0.5, 0.6) is 0 Å². The van der Waals surface area contributed by atoms with Crippen LogP contribution in [0, 0.1) is 11.5 Å². The van der Waals surface area contributed by atoms with Gasteiger partial charge in [0.1, 0.15) is 0 Å². The molecule has 0 aliphatic rings. The molecule has 0 aliphatic heterocycles. The molecule has 3 nitrogen and oxygen atoms in total. The van der Waals surface area contributed by atoms with Gasteiger partial charge in [0.25, 0.3) is 0 Å². The van der Waals surface area contributed by atoms with Crippen LogP contribution in [0.25, 0.3) is 0 Å². The molecule has 0 radical (unpaired) electrons. The van der Waals surface area contributed by atoms with Crippen LogP contribution in [0.1, 0.15) is 6.92 Å². The highest BCUT2D eigenvalue weighted by Gasteiger charge is 2.08. The maximum Gasteiger partial charge on any atom is 0.214 e. The van der Waals surface area contributed by atoms with E-state index in [-0.39, 0.29) is 0 Å². The molecule has 0 aliphatic carbocycles. The molecule has 1 aromatic carbocycles. The summed E-state index contributed by atoms with van der Waals surface area (Å²) < 4.78 is 15.4. The van der Waals surface area contributed by atoms with Gasteiger partial charge in [0.05, 0.1) is 9.73 Å². The standard InChI is InChI=1S/C9H10N2OS/c1-2-13(12,11-8-10)9-6-4-3-5-7-9/h3-7H,2H2,1H3. The van der Waals surface area contributed by atoms with Crippen LogP contribution >= 0.6 is 0 Å². The third kappa shape index (κ3) is 2.07. The highest BCUT2D eigenvalue weighted by atomic mass is 32.2. The van der Waals surface area contributed by atoms with Crippen LogP contribution in [0.3, 0.4) is 0 Å². The lowest BCUT2D eigenvalue weighted by atomic mass is 10.4. The van der Waals surface area contributed by atoms with E-state index in [1.165, 1.54) is 0 Å². The van der Waals surface area contributed by atoms with Crippen molar-refractivity contribution in [1.29, 1.82) is 5.26 Å². The lowest BCUT2D eigenvalue weighted by Crippen LogP contribution is -2.02. The molecule has 0 heterocycles. The van der Waals surface area contributed by atoms with Crippen molar-refractivity contribution in [2.24, 2.45) is 4.36 Å². The van der Waals surface area contributed by atoms with Gasteiger partial charge in [-0.15, -0.1) is 4.36 Å². The average molecular weight is 194 g/mol. The molecular weight excluding hydrogens is 184 g/mol. The molecule has 0 amide bonds. The molecule has 1 unspecified atom stereocenters. The van der Waals surface area contributed by atoms with Gasteiger partial charge in [0, 0.05) is 10.6 Å². The quantitative estimate of drug-likeness (QED) is 0.676. The van der Waals surface area contributed by atoms with Crippen molar-refractivity contribution in [3.63, 3.8) is 0 Å². The first-order chi connectivity index (χ1) is 6.23. The topological polar surface area (TPSA) is 53.2 Å². The predicted molar refractivity (Wildman–Crippen MR) is 51.4 cm³/mol. The summed E-state index contributed by atoms with van der Waals surface area (Å²) in [6.07, 6.45) is 1.61. The van der Waals surface area contributed by atoms with Gasteiger partial charge >= 0.3 is 0 Å². The van der Waals surface area contributed by atoms with Crippen molar-refractivity contribution < 1.29 is 4.21 Å². The van der Waals surface area contributed by atoms with Crippen molar-refractivity contribution in [2.75, 3.05) is 5.75 Å². The second-order valence-electron chi connectivity index (χ2n) is 2.43. The maximum absolute atomic E-state index is 12.0. The number of rotatable bonds is 2. The SMILES string of the molecule is CCS(=O)(=NC#N)c1ccccc1. The number of hydrogen-bond acceptors (Lipinski definition) is 3. The largest absolute Gasteiger partial charge is 0.244 e. The molecule has 4 heteroatoms. The zero-order valence-corrected chi connectivity index (χ0v) is 8.12. The molecule has 0 aromatic heterocycles. The lowest BCUT2D eigenvalue weighted by molar-refractivity contribution is 0.677. The molecular formula is C9H10N2OS. The molecule has 1 aromatic rings. The van der Waals surface area contributed by atoms with E-state index >= 15 is 0 Å². The predicted octanol–water partition coefficient (Wildman–Crippen LogP) is 2.01. The first-order valence-corrected chi connectivity index (χ1v) is 5.59. The van der Waals surface area contributed by atoms with Crippen molar-refractivity contribution in [3.05, 3.63) is 30.3 Å². The molecule has 0 N–H and O–H groups in total. The Kier molecular flexibility index (Phi) is 3.04. The van der Waals surface area contributed by atoms with Crippen LogP contribution in [-0.4, -0.2) is 9.96 Å². The van der Waals surface area contributed by atoms with Gasteiger partial charge in [-0.1, -0.05) is 25.1 Å². The summed E-state index contributed by atoms with van der Waals surface area (Å²) in [4.78, 5) is 0.624. The number of nitriles is 1. The van der Waals surface area contributed by atoms with E-state index in [2.05, 4.69) is 4.36 Å². The van der Waals surface area contributed by atoms with Gasteiger partial charge in [-0.3, -0.25) is 0 Å². The highest BCUT2D eigenvalue weighted by molar-refractivity contribution is 7.93. The van der Waals surface area contributed by atoms with Gasteiger partial charge in [-0.05, 0) is 12.1 Å². The van der Waals surface area contributed by atoms with Gasteiger partial charge in [0.2, 0.25) is 6.19 Å². The van der Waals surface area contributed by atoms with Crippen LogP contribution in [-0.2, 0) is 9.73 Å². The fraction of sp³-hybridized carbons (Fsp3) is 0.222. The molecule has 1 rings (SSSR count). The van der Waals surface area contributed by atoms with E-state index in [9.17, 15) is 4.21 Å². The molecule has 68 valence electrons. The normalized spacial score (nSPS) is 14.2. The number of hydrogen-bond donors (Lipinski definition) is 0. The summed E-state index contributed by atoms with van der Waals surface area (Å²) in [7, 11) is -2.49. The summed E-state index contributed by atoms with van der Waals surface area (Å²) in [5.41, 5.74) is 0. The maximum atomic E-state index is 12.0. The Bertz CT molecular complexity index is 425. The fourth-order valence-electron chi connectivity index (χ4n) is 0.983. The van der Waals surface area contributed by atoms with E-state index in [1.54, 1.807) is 37.4 Å². The average Bonchev–Trinajstić information content (AvgIpc) is 2.19. The second-order valence-corrected chi connectivity index (χ2v) is 4.95. The lowest BCUT2D eigenvalue weighted by Gasteiger charge is -2.03. The Morgan fingerprint density at radius 2 is 2.08 bits per heavy atom. The van der Waals surface area contributed by atoms with Gasteiger partial charge in [0.15, 0.2) is 0 Å². The summed E-state index contributed by atoms with van der Waals surface area (Å²) in [5, 5.41) is 8.40. The summed E-state index contributed by atoms with van der Waals surface area (Å²) in [6, 6.07) is 8.87. The minimum Gasteiger partial charge on any atom is -0.244 e. The molecule has 1 atom stereocenters. The Morgan fingerprint density at radius 3 is 2.54 bits per heavy atom. The van der Waals surface area contributed by atoms with Crippen molar-refractivity contribution in [1.82, 2.24) is 0 Å². The zero-order valence-electron chi connectivity index (χ0n) is 7.30. The van der Waals surface area contributed by atoms with Gasteiger partial charge in [-0.2, -0.15) is 5.26 Å². The third-order valence-corrected chi connectivity index (χ3v) is 3.86. The first kappa shape index (κ1) is 9.75. The molecule has 13 heavy (non-hydrogen) atoms. The van der Waals surface area contributed by atoms with E-state index in [1.807, 2.05) is 6.07 Å². The van der Waals surface area contributed by atoms with E-state index in [4.69, 9.17) is 5.26 Å². The highest BCUT2D eigenvalue weighted by Crippen LogP contribution is 2.12. The number of benzene rings is 1. The number of nitrogens with zero attached hydrogens (tertiary/aromatic N) is 2. The first-order valence-electron chi connectivity index (χ1n) is 3.91. The zero-order chi connectivity index (χ0) is 9.73. The summed E-state index contributed by atoms with van der Waals surface area (Å²) in [6.45, 7) is 1.76. The van der Waals surface area contributed by atoms with E-state index < -0.39 is 9.73 Å². The van der Waals surface area contributed by atoms with Crippen LogP contribution in [0.4, 0.5) is 0 Å².